The molecule has 0 saturated heterocycles. The molecule has 1 aromatic rings. The molecule has 0 amide bonds. The summed E-state index contributed by atoms with van der Waals surface area (Å²) in [5.41, 5.74) is 1.27. The summed E-state index contributed by atoms with van der Waals surface area (Å²) in [6.07, 6.45) is 6.49. The third-order valence-electron chi connectivity index (χ3n) is 3.18. The van der Waals surface area contributed by atoms with Gasteiger partial charge in [0.1, 0.15) is 0 Å². The molecule has 0 spiro atoms. The standard InChI is InChI=1S/C13H24BrN3O/c1-4-5-11(15-2)6-7-13-12(14)10-16-17(13)8-9-18-3/h10-11,15H,4-9H2,1-3H3. The van der Waals surface area contributed by atoms with E-state index in [1.807, 2.05) is 17.9 Å². The molecule has 1 unspecified atom stereocenters. The number of rotatable bonds is 9. The van der Waals surface area contributed by atoms with Gasteiger partial charge in [0.2, 0.25) is 0 Å². The maximum absolute atomic E-state index is 5.11. The summed E-state index contributed by atoms with van der Waals surface area (Å²) in [5, 5.41) is 7.75. The minimum absolute atomic E-state index is 0.590. The lowest BCUT2D eigenvalue weighted by Crippen LogP contribution is -2.26. The van der Waals surface area contributed by atoms with Crippen molar-refractivity contribution in [2.24, 2.45) is 0 Å². The molecule has 0 aliphatic rings. The van der Waals surface area contributed by atoms with Crippen molar-refractivity contribution in [1.82, 2.24) is 15.1 Å². The van der Waals surface area contributed by atoms with Gasteiger partial charge in [-0.1, -0.05) is 13.3 Å². The largest absolute Gasteiger partial charge is 0.383 e. The molecular weight excluding hydrogens is 294 g/mol. The SMILES string of the molecule is CCCC(CCc1c(Br)cnn1CCOC)NC. The zero-order valence-corrected chi connectivity index (χ0v) is 13.2. The van der Waals surface area contributed by atoms with Crippen LogP contribution in [0.1, 0.15) is 31.9 Å². The van der Waals surface area contributed by atoms with E-state index in [1.54, 1.807) is 7.11 Å². The number of hydrogen-bond donors (Lipinski definition) is 1. The Morgan fingerprint density at radius 2 is 2.28 bits per heavy atom. The highest BCUT2D eigenvalue weighted by atomic mass is 79.9. The van der Waals surface area contributed by atoms with Crippen molar-refractivity contribution in [2.45, 2.75) is 45.2 Å². The number of hydrogen-bond acceptors (Lipinski definition) is 3. The van der Waals surface area contributed by atoms with E-state index in [1.165, 1.54) is 18.5 Å². The molecule has 5 heteroatoms. The highest BCUT2D eigenvalue weighted by Crippen LogP contribution is 2.19. The smallest absolute Gasteiger partial charge is 0.0658 e. The average Bonchev–Trinajstić information content (AvgIpc) is 2.73. The molecule has 18 heavy (non-hydrogen) atoms. The van der Waals surface area contributed by atoms with E-state index in [4.69, 9.17) is 4.74 Å². The number of ether oxygens (including phenoxy) is 1. The van der Waals surface area contributed by atoms with Crippen LogP contribution in [0.3, 0.4) is 0 Å². The summed E-state index contributed by atoms with van der Waals surface area (Å²) in [7, 11) is 3.76. The second kappa shape index (κ2) is 8.67. The van der Waals surface area contributed by atoms with E-state index in [9.17, 15) is 0 Å². The minimum Gasteiger partial charge on any atom is -0.383 e. The van der Waals surface area contributed by atoms with Crippen molar-refractivity contribution in [3.8, 4) is 0 Å². The first-order chi connectivity index (χ1) is 8.72. The van der Waals surface area contributed by atoms with Crippen LogP contribution in [0.15, 0.2) is 10.7 Å². The Morgan fingerprint density at radius 3 is 2.89 bits per heavy atom. The summed E-state index contributed by atoms with van der Waals surface area (Å²) in [6, 6.07) is 0.590. The second-order valence-electron chi connectivity index (χ2n) is 4.47. The van der Waals surface area contributed by atoms with E-state index in [-0.39, 0.29) is 0 Å². The predicted molar refractivity (Wildman–Crippen MR) is 77.9 cm³/mol. The lowest BCUT2D eigenvalue weighted by molar-refractivity contribution is 0.182. The van der Waals surface area contributed by atoms with Gasteiger partial charge in [-0.05, 0) is 42.2 Å². The summed E-state index contributed by atoms with van der Waals surface area (Å²) in [4.78, 5) is 0. The van der Waals surface area contributed by atoms with Gasteiger partial charge in [-0.25, -0.2) is 0 Å². The van der Waals surface area contributed by atoms with Crippen LogP contribution in [-0.2, 0) is 17.7 Å². The maximum atomic E-state index is 5.11. The monoisotopic (exact) mass is 317 g/mol. The third-order valence-corrected chi connectivity index (χ3v) is 3.84. The summed E-state index contributed by atoms with van der Waals surface area (Å²) in [6.45, 7) is 3.74. The van der Waals surface area contributed by atoms with E-state index in [2.05, 4.69) is 33.3 Å². The normalized spacial score (nSPS) is 12.9. The van der Waals surface area contributed by atoms with Crippen molar-refractivity contribution in [3.63, 3.8) is 0 Å². The number of nitrogens with one attached hydrogen (secondary N) is 1. The van der Waals surface area contributed by atoms with Crippen LogP contribution in [0.2, 0.25) is 0 Å². The van der Waals surface area contributed by atoms with Crippen LogP contribution >= 0.6 is 15.9 Å². The molecule has 1 aromatic heterocycles. The molecule has 0 saturated carbocycles. The minimum atomic E-state index is 0.590. The van der Waals surface area contributed by atoms with Crippen molar-refractivity contribution in [1.29, 1.82) is 0 Å². The first kappa shape index (κ1) is 15.7. The molecule has 0 aliphatic heterocycles. The molecular formula is C13H24BrN3O. The van der Waals surface area contributed by atoms with Gasteiger partial charge in [0.25, 0.3) is 0 Å². The van der Waals surface area contributed by atoms with Gasteiger partial charge in [-0.15, -0.1) is 0 Å². The number of aromatic nitrogens is 2. The Bertz CT molecular complexity index is 341. The lowest BCUT2D eigenvalue weighted by atomic mass is 10.1. The average molecular weight is 318 g/mol. The van der Waals surface area contributed by atoms with Gasteiger partial charge in [-0.3, -0.25) is 4.68 Å². The Hall–Kier alpha value is -0.390. The van der Waals surface area contributed by atoms with E-state index in [0.29, 0.717) is 12.6 Å². The predicted octanol–water partition coefficient (Wildman–Crippen LogP) is 2.61. The number of halogens is 1. The molecule has 0 aromatic carbocycles. The van der Waals surface area contributed by atoms with Gasteiger partial charge in [0.15, 0.2) is 0 Å². The van der Waals surface area contributed by atoms with Crippen molar-refractivity contribution < 1.29 is 4.74 Å². The molecule has 0 fully saturated rings. The van der Waals surface area contributed by atoms with Crippen LogP contribution in [0.25, 0.3) is 0 Å². The second-order valence-corrected chi connectivity index (χ2v) is 5.32. The number of methoxy groups -OCH3 is 1. The molecule has 0 bridgehead atoms. The van der Waals surface area contributed by atoms with Crippen molar-refractivity contribution >= 4 is 15.9 Å². The van der Waals surface area contributed by atoms with Gasteiger partial charge in [0.05, 0.1) is 29.5 Å². The summed E-state index contributed by atoms with van der Waals surface area (Å²) < 4.78 is 8.24. The zero-order chi connectivity index (χ0) is 13.4. The zero-order valence-electron chi connectivity index (χ0n) is 11.6. The fourth-order valence-corrected chi connectivity index (χ4v) is 2.59. The molecule has 104 valence electrons. The quantitative estimate of drug-likeness (QED) is 0.761. The van der Waals surface area contributed by atoms with Crippen LogP contribution < -0.4 is 5.32 Å². The fraction of sp³-hybridized carbons (Fsp3) is 0.769. The Kier molecular flexibility index (Phi) is 7.54. The third kappa shape index (κ3) is 4.71. The fourth-order valence-electron chi connectivity index (χ4n) is 2.10. The first-order valence-corrected chi connectivity index (χ1v) is 7.38. The summed E-state index contributed by atoms with van der Waals surface area (Å²) in [5.74, 6) is 0. The van der Waals surface area contributed by atoms with Gasteiger partial charge in [0, 0.05) is 13.2 Å². The van der Waals surface area contributed by atoms with Gasteiger partial charge in [-0.2, -0.15) is 5.10 Å². The Balaban J connectivity index is 2.56. The van der Waals surface area contributed by atoms with Gasteiger partial charge < -0.3 is 10.1 Å². The molecule has 1 N–H and O–H groups in total. The highest BCUT2D eigenvalue weighted by Gasteiger charge is 2.11. The topological polar surface area (TPSA) is 39.1 Å². The van der Waals surface area contributed by atoms with Crippen LogP contribution in [0.4, 0.5) is 0 Å². The van der Waals surface area contributed by atoms with Crippen LogP contribution in [-0.4, -0.2) is 36.6 Å². The van der Waals surface area contributed by atoms with Gasteiger partial charge >= 0.3 is 0 Å². The van der Waals surface area contributed by atoms with E-state index < -0.39 is 0 Å². The Morgan fingerprint density at radius 1 is 1.50 bits per heavy atom. The molecule has 1 heterocycles. The molecule has 4 nitrogen and oxygen atoms in total. The lowest BCUT2D eigenvalue weighted by Gasteiger charge is -2.15. The molecule has 0 aliphatic carbocycles. The van der Waals surface area contributed by atoms with Crippen LogP contribution in [0, 0.1) is 0 Å². The Labute approximate surface area is 118 Å². The van der Waals surface area contributed by atoms with Crippen LogP contribution in [0.5, 0.6) is 0 Å². The molecule has 0 radical (unpaired) electrons. The van der Waals surface area contributed by atoms with E-state index >= 15 is 0 Å². The highest BCUT2D eigenvalue weighted by molar-refractivity contribution is 9.10. The molecule has 1 rings (SSSR count). The summed E-state index contributed by atoms with van der Waals surface area (Å²) >= 11 is 3.58. The number of nitrogens with zero attached hydrogens (tertiary/aromatic N) is 2. The maximum Gasteiger partial charge on any atom is 0.0658 e. The molecule has 1 atom stereocenters. The van der Waals surface area contributed by atoms with Crippen molar-refractivity contribution in [2.75, 3.05) is 20.8 Å². The van der Waals surface area contributed by atoms with E-state index in [0.717, 1.165) is 23.9 Å². The first-order valence-electron chi connectivity index (χ1n) is 6.59. The van der Waals surface area contributed by atoms with Crippen molar-refractivity contribution in [3.05, 3.63) is 16.4 Å².